The molecule has 1 heterocycles. The second kappa shape index (κ2) is 9.34. The average Bonchev–Trinajstić information content (AvgIpc) is 2.82. The van der Waals surface area contributed by atoms with Gasteiger partial charge in [-0.05, 0) is 41.0 Å². The molecule has 6 nitrogen and oxygen atoms in total. The number of carbonyl (C=O) groups is 2. The molecule has 0 bridgehead atoms. The van der Waals surface area contributed by atoms with Gasteiger partial charge >= 0.3 is 6.09 Å². The van der Waals surface area contributed by atoms with Crippen LogP contribution >= 0.6 is 0 Å². The van der Waals surface area contributed by atoms with Crippen LogP contribution in [-0.4, -0.2) is 30.1 Å². The highest BCUT2D eigenvalue weighted by molar-refractivity contribution is 5.97. The van der Waals surface area contributed by atoms with Crippen molar-refractivity contribution in [2.75, 3.05) is 12.4 Å². The Kier molecular flexibility index (Phi) is 6.17. The van der Waals surface area contributed by atoms with Crippen LogP contribution in [0.2, 0.25) is 0 Å². The molecule has 0 unspecified atom stereocenters. The molecule has 0 saturated heterocycles. The maximum absolute atomic E-state index is 13.1. The molecule has 31 heavy (non-hydrogen) atoms. The molecule has 1 aliphatic heterocycles. The van der Waals surface area contributed by atoms with E-state index in [1.807, 2.05) is 54.6 Å². The standard InChI is InChI=1S/C25H24N2O4/c1-30-22-13-11-21(12-14-22)26-24(28)23-15-19-9-5-6-10-20(19)16-27(23)25(29)31-17-18-7-3-2-4-8-18/h2-14,23H,15-17H2,1H3,(H,26,28)/t23-/m0/s1. The summed E-state index contributed by atoms with van der Waals surface area (Å²) in [5, 5.41) is 2.91. The first-order chi connectivity index (χ1) is 15.1. The van der Waals surface area contributed by atoms with Gasteiger partial charge in [-0.1, -0.05) is 54.6 Å². The molecular formula is C25H24N2O4. The van der Waals surface area contributed by atoms with E-state index in [0.29, 0.717) is 24.4 Å². The zero-order valence-electron chi connectivity index (χ0n) is 17.3. The molecule has 0 aliphatic carbocycles. The van der Waals surface area contributed by atoms with Gasteiger partial charge in [0.05, 0.1) is 13.7 Å². The van der Waals surface area contributed by atoms with E-state index in [1.54, 1.807) is 31.4 Å². The number of nitrogens with one attached hydrogen (secondary N) is 1. The van der Waals surface area contributed by atoms with Crippen LogP contribution < -0.4 is 10.1 Å². The molecule has 1 aliphatic rings. The first-order valence-corrected chi connectivity index (χ1v) is 10.1. The SMILES string of the molecule is COc1ccc(NC(=O)[C@@H]2Cc3ccccc3CN2C(=O)OCc2ccccc2)cc1. The fraction of sp³-hybridized carbons (Fsp3) is 0.200. The van der Waals surface area contributed by atoms with E-state index in [9.17, 15) is 9.59 Å². The van der Waals surface area contributed by atoms with Crippen LogP contribution in [0.5, 0.6) is 5.75 Å². The van der Waals surface area contributed by atoms with Crippen LogP contribution in [0.3, 0.4) is 0 Å². The molecule has 0 saturated carbocycles. The number of amides is 2. The Bertz CT molecular complexity index is 1050. The van der Waals surface area contributed by atoms with Crippen molar-refractivity contribution in [2.24, 2.45) is 0 Å². The molecule has 1 N–H and O–H groups in total. The Hall–Kier alpha value is -3.80. The molecule has 3 aromatic carbocycles. The minimum absolute atomic E-state index is 0.157. The molecule has 0 fully saturated rings. The second-order valence-electron chi connectivity index (χ2n) is 7.37. The van der Waals surface area contributed by atoms with Crippen LogP contribution in [0.1, 0.15) is 16.7 Å². The molecule has 0 aromatic heterocycles. The summed E-state index contributed by atoms with van der Waals surface area (Å²) in [4.78, 5) is 27.6. The van der Waals surface area contributed by atoms with Gasteiger partial charge in [-0.2, -0.15) is 0 Å². The third-order valence-corrected chi connectivity index (χ3v) is 5.35. The lowest BCUT2D eigenvalue weighted by atomic mass is 9.94. The van der Waals surface area contributed by atoms with Crippen LogP contribution in [0.25, 0.3) is 0 Å². The van der Waals surface area contributed by atoms with Crippen LogP contribution in [0.4, 0.5) is 10.5 Å². The molecule has 1 atom stereocenters. The Morgan fingerprint density at radius 2 is 1.61 bits per heavy atom. The first-order valence-electron chi connectivity index (χ1n) is 10.1. The van der Waals surface area contributed by atoms with Crippen LogP contribution in [-0.2, 0) is 29.1 Å². The minimum atomic E-state index is -0.666. The lowest BCUT2D eigenvalue weighted by Crippen LogP contribution is -2.50. The van der Waals surface area contributed by atoms with Crippen molar-refractivity contribution in [1.82, 2.24) is 4.90 Å². The van der Waals surface area contributed by atoms with E-state index in [-0.39, 0.29) is 12.5 Å². The highest BCUT2D eigenvalue weighted by Gasteiger charge is 2.35. The zero-order chi connectivity index (χ0) is 21.6. The third-order valence-electron chi connectivity index (χ3n) is 5.35. The summed E-state index contributed by atoms with van der Waals surface area (Å²) in [6, 6.07) is 23.8. The number of carbonyl (C=O) groups excluding carboxylic acids is 2. The van der Waals surface area contributed by atoms with Crippen molar-refractivity contribution in [2.45, 2.75) is 25.6 Å². The molecule has 0 spiro atoms. The predicted octanol–water partition coefficient (Wildman–Crippen LogP) is 4.40. The predicted molar refractivity (Wildman–Crippen MR) is 118 cm³/mol. The molecule has 6 heteroatoms. The highest BCUT2D eigenvalue weighted by Crippen LogP contribution is 2.25. The summed E-state index contributed by atoms with van der Waals surface area (Å²) in [6.45, 7) is 0.481. The minimum Gasteiger partial charge on any atom is -0.497 e. The summed E-state index contributed by atoms with van der Waals surface area (Å²) < 4.78 is 10.7. The Morgan fingerprint density at radius 3 is 2.32 bits per heavy atom. The van der Waals surface area contributed by atoms with E-state index in [2.05, 4.69) is 5.32 Å². The number of hydrogen-bond acceptors (Lipinski definition) is 4. The molecule has 4 rings (SSSR count). The number of rotatable bonds is 5. The van der Waals surface area contributed by atoms with Gasteiger partial charge in [0.15, 0.2) is 0 Å². The summed E-state index contributed by atoms with van der Waals surface area (Å²) in [5.74, 6) is 0.451. The van der Waals surface area contributed by atoms with Crippen LogP contribution in [0.15, 0.2) is 78.9 Å². The van der Waals surface area contributed by atoms with E-state index in [4.69, 9.17) is 9.47 Å². The van der Waals surface area contributed by atoms with E-state index >= 15 is 0 Å². The third kappa shape index (κ3) is 4.86. The van der Waals surface area contributed by atoms with E-state index < -0.39 is 12.1 Å². The summed E-state index contributed by atoms with van der Waals surface area (Å²) in [5.41, 5.74) is 3.62. The van der Waals surface area contributed by atoms with Crippen molar-refractivity contribution in [3.63, 3.8) is 0 Å². The van der Waals surface area contributed by atoms with Gasteiger partial charge < -0.3 is 14.8 Å². The van der Waals surface area contributed by atoms with Crippen molar-refractivity contribution in [3.8, 4) is 5.75 Å². The number of nitrogens with zero attached hydrogens (tertiary/aromatic N) is 1. The monoisotopic (exact) mass is 416 g/mol. The molecule has 3 aromatic rings. The molecule has 2 amide bonds. The van der Waals surface area contributed by atoms with Gasteiger partial charge in [-0.15, -0.1) is 0 Å². The van der Waals surface area contributed by atoms with Crippen molar-refractivity contribution >= 4 is 17.7 Å². The second-order valence-corrected chi connectivity index (χ2v) is 7.37. The van der Waals surface area contributed by atoms with Crippen LogP contribution in [0, 0.1) is 0 Å². The number of benzene rings is 3. The van der Waals surface area contributed by atoms with Gasteiger partial charge in [0, 0.05) is 12.1 Å². The highest BCUT2D eigenvalue weighted by atomic mass is 16.6. The number of hydrogen-bond donors (Lipinski definition) is 1. The number of methoxy groups -OCH3 is 1. The Morgan fingerprint density at radius 1 is 0.935 bits per heavy atom. The largest absolute Gasteiger partial charge is 0.497 e. The van der Waals surface area contributed by atoms with Gasteiger partial charge in [0.2, 0.25) is 5.91 Å². The Labute approximate surface area is 181 Å². The Balaban J connectivity index is 1.51. The summed E-state index contributed by atoms with van der Waals surface area (Å²) in [6.07, 6.45) is -0.0771. The normalized spacial score (nSPS) is 15.0. The van der Waals surface area contributed by atoms with Gasteiger partial charge in [-0.25, -0.2) is 4.79 Å². The molecular weight excluding hydrogens is 392 g/mol. The maximum Gasteiger partial charge on any atom is 0.411 e. The number of ether oxygens (including phenoxy) is 2. The summed E-state index contributed by atoms with van der Waals surface area (Å²) in [7, 11) is 1.59. The van der Waals surface area contributed by atoms with Crippen molar-refractivity contribution in [3.05, 3.63) is 95.6 Å². The number of fused-ring (bicyclic) bond motifs is 1. The first kappa shape index (κ1) is 20.5. The lowest BCUT2D eigenvalue weighted by molar-refractivity contribution is -0.121. The number of anilines is 1. The fourth-order valence-electron chi connectivity index (χ4n) is 3.65. The lowest BCUT2D eigenvalue weighted by Gasteiger charge is -2.35. The fourth-order valence-corrected chi connectivity index (χ4v) is 3.65. The molecule has 158 valence electrons. The zero-order valence-corrected chi connectivity index (χ0v) is 17.3. The summed E-state index contributed by atoms with van der Waals surface area (Å²) >= 11 is 0. The smallest absolute Gasteiger partial charge is 0.411 e. The van der Waals surface area contributed by atoms with Gasteiger partial charge in [0.1, 0.15) is 18.4 Å². The van der Waals surface area contributed by atoms with Crippen molar-refractivity contribution in [1.29, 1.82) is 0 Å². The average molecular weight is 416 g/mol. The van der Waals surface area contributed by atoms with E-state index in [0.717, 1.165) is 16.7 Å². The maximum atomic E-state index is 13.1. The van der Waals surface area contributed by atoms with E-state index in [1.165, 1.54) is 4.90 Å². The topological polar surface area (TPSA) is 67.9 Å². The molecule has 0 radical (unpaired) electrons. The van der Waals surface area contributed by atoms with Gasteiger partial charge in [0.25, 0.3) is 0 Å². The quantitative estimate of drug-likeness (QED) is 0.670. The van der Waals surface area contributed by atoms with Gasteiger partial charge in [-0.3, -0.25) is 9.69 Å². The van der Waals surface area contributed by atoms with Crippen molar-refractivity contribution < 1.29 is 19.1 Å².